The van der Waals surface area contributed by atoms with Gasteiger partial charge in [0.05, 0.1) is 7.11 Å². The number of hydrogen-bond donors (Lipinski definition) is 2. The van der Waals surface area contributed by atoms with E-state index in [4.69, 9.17) is 4.74 Å². The Balaban J connectivity index is 1.96. The molecule has 3 aromatic rings. The molecule has 22 heavy (non-hydrogen) atoms. The van der Waals surface area contributed by atoms with Crippen molar-refractivity contribution in [1.29, 1.82) is 0 Å². The molecule has 0 heterocycles. The van der Waals surface area contributed by atoms with Crippen molar-refractivity contribution in [3.63, 3.8) is 0 Å². The summed E-state index contributed by atoms with van der Waals surface area (Å²) in [7, 11) is 1.62. The van der Waals surface area contributed by atoms with Crippen LogP contribution in [0.15, 0.2) is 66.7 Å². The second-order valence-corrected chi connectivity index (χ2v) is 5.01. The van der Waals surface area contributed by atoms with Crippen LogP contribution < -0.4 is 4.74 Å². The number of methoxy groups -OCH3 is 1. The molecule has 0 fully saturated rings. The summed E-state index contributed by atoms with van der Waals surface area (Å²) in [6.07, 6.45) is 0. The quantitative estimate of drug-likeness (QED) is 0.750. The predicted octanol–water partition coefficient (Wildman–Crippen LogP) is 4.44. The second kappa shape index (κ2) is 5.82. The summed E-state index contributed by atoms with van der Waals surface area (Å²) in [5.41, 5.74) is 3.53. The van der Waals surface area contributed by atoms with Crippen LogP contribution in [0, 0.1) is 0 Å². The zero-order valence-corrected chi connectivity index (χ0v) is 12.2. The maximum Gasteiger partial charge on any atom is 0.124 e. The molecule has 3 aromatic carbocycles. The first kappa shape index (κ1) is 14.0. The Bertz CT molecular complexity index is 775. The van der Waals surface area contributed by atoms with Crippen molar-refractivity contribution >= 4 is 0 Å². The lowest BCUT2D eigenvalue weighted by Gasteiger charge is -2.09. The van der Waals surface area contributed by atoms with Gasteiger partial charge in [0.15, 0.2) is 0 Å². The third kappa shape index (κ3) is 2.74. The van der Waals surface area contributed by atoms with Gasteiger partial charge in [0, 0.05) is 5.56 Å². The minimum absolute atomic E-state index is 0.218. The number of phenolic OH excluding ortho intramolecular Hbond substituents is 2. The van der Waals surface area contributed by atoms with Crippen LogP contribution in [0.1, 0.15) is 0 Å². The molecule has 2 N–H and O–H groups in total. The van der Waals surface area contributed by atoms with Gasteiger partial charge < -0.3 is 14.9 Å². The summed E-state index contributed by atoms with van der Waals surface area (Å²) in [5.74, 6) is 1.22. The molecule has 0 amide bonds. The van der Waals surface area contributed by atoms with Gasteiger partial charge in [0.2, 0.25) is 0 Å². The average molecular weight is 292 g/mol. The summed E-state index contributed by atoms with van der Waals surface area (Å²) in [5, 5.41) is 19.6. The van der Waals surface area contributed by atoms with Gasteiger partial charge in [-0.1, -0.05) is 36.4 Å². The molecule has 0 bridgehead atoms. The van der Waals surface area contributed by atoms with Gasteiger partial charge in [0.25, 0.3) is 0 Å². The van der Waals surface area contributed by atoms with Crippen LogP contribution in [0.5, 0.6) is 17.2 Å². The first-order chi connectivity index (χ1) is 10.7. The Labute approximate surface area is 129 Å². The van der Waals surface area contributed by atoms with Crippen molar-refractivity contribution < 1.29 is 14.9 Å². The van der Waals surface area contributed by atoms with E-state index in [1.165, 1.54) is 0 Å². The zero-order chi connectivity index (χ0) is 15.5. The molecule has 0 saturated heterocycles. The van der Waals surface area contributed by atoms with Crippen molar-refractivity contribution in [2.24, 2.45) is 0 Å². The summed E-state index contributed by atoms with van der Waals surface area (Å²) >= 11 is 0. The van der Waals surface area contributed by atoms with Gasteiger partial charge in [-0.05, 0) is 47.0 Å². The number of ether oxygens (including phenoxy) is 1. The van der Waals surface area contributed by atoms with Crippen molar-refractivity contribution in [1.82, 2.24) is 0 Å². The molecule has 3 nitrogen and oxygen atoms in total. The maximum atomic E-state index is 10.3. The average Bonchev–Trinajstić information content (AvgIpc) is 2.56. The van der Waals surface area contributed by atoms with E-state index in [9.17, 15) is 10.2 Å². The first-order valence-corrected chi connectivity index (χ1v) is 6.94. The molecular formula is C19H16O3. The Morgan fingerprint density at radius 1 is 0.682 bits per heavy atom. The Hall–Kier alpha value is -2.94. The van der Waals surface area contributed by atoms with E-state index in [1.54, 1.807) is 25.3 Å². The third-order valence-electron chi connectivity index (χ3n) is 3.60. The molecule has 0 radical (unpaired) electrons. The summed E-state index contributed by atoms with van der Waals surface area (Å²) in [6, 6.07) is 20.0. The van der Waals surface area contributed by atoms with Crippen LogP contribution in [0.4, 0.5) is 0 Å². The molecule has 0 unspecified atom stereocenters. The Kier molecular flexibility index (Phi) is 3.71. The fourth-order valence-corrected chi connectivity index (χ4v) is 2.38. The van der Waals surface area contributed by atoms with E-state index < -0.39 is 0 Å². The summed E-state index contributed by atoms with van der Waals surface area (Å²) < 4.78 is 5.14. The van der Waals surface area contributed by atoms with E-state index in [2.05, 4.69) is 0 Å². The second-order valence-electron chi connectivity index (χ2n) is 5.01. The minimum atomic E-state index is 0.218. The molecule has 0 spiro atoms. The molecule has 3 heteroatoms. The smallest absolute Gasteiger partial charge is 0.124 e. The van der Waals surface area contributed by atoms with E-state index in [-0.39, 0.29) is 11.5 Å². The monoisotopic (exact) mass is 292 g/mol. The normalized spacial score (nSPS) is 10.4. The molecule has 110 valence electrons. The summed E-state index contributed by atoms with van der Waals surface area (Å²) in [6.45, 7) is 0. The van der Waals surface area contributed by atoms with Gasteiger partial charge >= 0.3 is 0 Å². The highest BCUT2D eigenvalue weighted by Crippen LogP contribution is 2.34. The van der Waals surface area contributed by atoms with Crippen molar-refractivity contribution in [2.75, 3.05) is 7.11 Å². The van der Waals surface area contributed by atoms with Crippen LogP contribution in [-0.4, -0.2) is 17.3 Å². The number of hydrogen-bond acceptors (Lipinski definition) is 3. The van der Waals surface area contributed by atoms with E-state index in [0.29, 0.717) is 0 Å². The largest absolute Gasteiger partial charge is 0.508 e. The van der Waals surface area contributed by atoms with Crippen LogP contribution >= 0.6 is 0 Å². The fourth-order valence-electron chi connectivity index (χ4n) is 2.38. The predicted molar refractivity (Wildman–Crippen MR) is 87.2 cm³/mol. The lowest BCUT2D eigenvalue weighted by atomic mass is 9.99. The molecule has 0 atom stereocenters. The molecule has 0 saturated carbocycles. The van der Waals surface area contributed by atoms with Crippen LogP contribution in [0.25, 0.3) is 22.3 Å². The molecule has 0 aromatic heterocycles. The highest BCUT2D eigenvalue weighted by Gasteiger charge is 2.07. The van der Waals surface area contributed by atoms with Gasteiger partial charge in [-0.3, -0.25) is 0 Å². The van der Waals surface area contributed by atoms with E-state index in [0.717, 1.165) is 28.0 Å². The third-order valence-corrected chi connectivity index (χ3v) is 3.60. The fraction of sp³-hybridized carbons (Fsp3) is 0.0526. The van der Waals surface area contributed by atoms with Crippen molar-refractivity contribution in [3.05, 3.63) is 66.7 Å². The Morgan fingerprint density at radius 3 is 1.86 bits per heavy atom. The number of aromatic hydroxyl groups is 2. The summed E-state index contributed by atoms with van der Waals surface area (Å²) in [4.78, 5) is 0. The highest BCUT2D eigenvalue weighted by atomic mass is 16.5. The molecule has 0 aliphatic carbocycles. The van der Waals surface area contributed by atoms with Crippen LogP contribution in [0.2, 0.25) is 0 Å². The maximum absolute atomic E-state index is 10.3. The Morgan fingerprint density at radius 2 is 1.27 bits per heavy atom. The number of phenols is 2. The lowest BCUT2D eigenvalue weighted by Crippen LogP contribution is -1.84. The van der Waals surface area contributed by atoms with Gasteiger partial charge in [-0.25, -0.2) is 0 Å². The standard InChI is InChI=1S/C19H16O3/c1-22-17-9-4-14(5-10-17)18-11-6-15(12-19(18)21)13-2-7-16(20)8-3-13/h2-12,20-21H,1H3. The molecule has 3 rings (SSSR count). The van der Waals surface area contributed by atoms with Crippen molar-refractivity contribution in [2.45, 2.75) is 0 Å². The van der Waals surface area contributed by atoms with Crippen molar-refractivity contribution in [3.8, 4) is 39.5 Å². The topological polar surface area (TPSA) is 49.7 Å². The van der Waals surface area contributed by atoms with Gasteiger partial charge in [0.1, 0.15) is 17.2 Å². The SMILES string of the molecule is COc1ccc(-c2ccc(-c3ccc(O)cc3)cc2O)cc1. The number of rotatable bonds is 3. The molecular weight excluding hydrogens is 276 g/mol. The molecule has 0 aliphatic heterocycles. The van der Waals surface area contributed by atoms with E-state index in [1.807, 2.05) is 48.5 Å². The van der Waals surface area contributed by atoms with Crippen LogP contribution in [-0.2, 0) is 0 Å². The van der Waals surface area contributed by atoms with Gasteiger partial charge in [-0.15, -0.1) is 0 Å². The zero-order valence-electron chi connectivity index (χ0n) is 12.2. The molecule has 0 aliphatic rings. The highest BCUT2D eigenvalue weighted by molar-refractivity contribution is 5.76. The minimum Gasteiger partial charge on any atom is -0.508 e. The lowest BCUT2D eigenvalue weighted by molar-refractivity contribution is 0.415. The van der Waals surface area contributed by atoms with Crippen LogP contribution in [0.3, 0.4) is 0 Å². The first-order valence-electron chi connectivity index (χ1n) is 6.94. The number of benzene rings is 3. The van der Waals surface area contributed by atoms with E-state index >= 15 is 0 Å². The van der Waals surface area contributed by atoms with Gasteiger partial charge in [-0.2, -0.15) is 0 Å².